The number of H-pyrrole nitrogens is 1. The van der Waals surface area contributed by atoms with Crippen molar-refractivity contribution in [2.75, 3.05) is 18.4 Å². The van der Waals surface area contributed by atoms with Crippen LogP contribution in [0.1, 0.15) is 44.0 Å². The molecule has 4 rings (SSSR count). The first kappa shape index (κ1) is 17.1. The second kappa shape index (κ2) is 5.85. The van der Waals surface area contributed by atoms with E-state index >= 15 is 0 Å². The number of nitrogens with one attached hydrogen (secondary N) is 2. The van der Waals surface area contributed by atoms with Crippen molar-refractivity contribution < 1.29 is 13.2 Å². The number of nitrogens with zero attached hydrogens (tertiary/aromatic N) is 4. The van der Waals surface area contributed by atoms with Gasteiger partial charge in [0.25, 0.3) is 0 Å². The van der Waals surface area contributed by atoms with Gasteiger partial charge in [-0.25, -0.2) is 8.42 Å². The number of carbonyl (C=O) groups excluding carboxylic acids is 1. The number of hydrogen-bond donors (Lipinski definition) is 2. The van der Waals surface area contributed by atoms with Gasteiger partial charge in [0.1, 0.15) is 0 Å². The van der Waals surface area contributed by atoms with Crippen LogP contribution in [0, 0.1) is 0 Å². The van der Waals surface area contributed by atoms with E-state index in [0.717, 1.165) is 12.8 Å². The zero-order chi connectivity index (χ0) is 18.5. The smallest absolute Gasteiger partial charge is 0.243 e. The third-order valence-electron chi connectivity index (χ3n) is 5.23. The fourth-order valence-corrected chi connectivity index (χ4v) is 5.12. The summed E-state index contributed by atoms with van der Waals surface area (Å²) in [6, 6.07) is 4.82. The molecule has 1 saturated heterocycles. The molecule has 2 aliphatic rings. The molecule has 2 aromatic rings. The van der Waals surface area contributed by atoms with Gasteiger partial charge in [-0.2, -0.15) is 9.52 Å². The quantitative estimate of drug-likeness (QED) is 0.824. The molecule has 9 nitrogen and oxygen atoms in total. The predicted octanol–water partition coefficient (Wildman–Crippen LogP) is 0.998. The Kier molecular flexibility index (Phi) is 3.85. The van der Waals surface area contributed by atoms with Crippen LogP contribution in [-0.2, 0) is 20.2 Å². The van der Waals surface area contributed by atoms with Crippen molar-refractivity contribution in [3.05, 3.63) is 29.6 Å². The molecule has 1 fully saturated rings. The number of amides is 1. The third-order valence-corrected chi connectivity index (χ3v) is 7.09. The number of piperidine rings is 1. The van der Waals surface area contributed by atoms with Gasteiger partial charge in [-0.3, -0.25) is 4.79 Å². The number of benzene rings is 1. The molecule has 10 heteroatoms. The molecule has 3 heterocycles. The molecule has 0 spiro atoms. The SMILES string of the molecule is CC1(C)C(=O)Nc2ccc(S(=O)(=O)N3CCCC(c4nn[nH]n4)C3)cc21. The summed E-state index contributed by atoms with van der Waals surface area (Å²) in [6.07, 6.45) is 1.55. The molecule has 1 amide bonds. The van der Waals surface area contributed by atoms with Gasteiger partial charge in [0.15, 0.2) is 5.82 Å². The maximum atomic E-state index is 13.2. The summed E-state index contributed by atoms with van der Waals surface area (Å²) in [5.41, 5.74) is 0.619. The minimum absolute atomic E-state index is 0.0774. The van der Waals surface area contributed by atoms with E-state index in [0.29, 0.717) is 30.2 Å². The van der Waals surface area contributed by atoms with Crippen molar-refractivity contribution in [3.8, 4) is 0 Å². The van der Waals surface area contributed by atoms with Gasteiger partial charge in [0.05, 0.1) is 10.3 Å². The lowest BCUT2D eigenvalue weighted by Crippen LogP contribution is -2.39. The van der Waals surface area contributed by atoms with Crippen molar-refractivity contribution in [1.82, 2.24) is 24.9 Å². The van der Waals surface area contributed by atoms with E-state index in [4.69, 9.17) is 0 Å². The molecule has 0 bridgehead atoms. The Morgan fingerprint density at radius 1 is 1.31 bits per heavy atom. The van der Waals surface area contributed by atoms with Crippen LogP contribution in [0.3, 0.4) is 0 Å². The Labute approximate surface area is 151 Å². The van der Waals surface area contributed by atoms with Crippen LogP contribution in [0.5, 0.6) is 0 Å². The first-order valence-electron chi connectivity index (χ1n) is 8.49. The van der Waals surface area contributed by atoms with E-state index < -0.39 is 15.4 Å². The second-order valence-corrected chi connectivity index (χ2v) is 9.20. The lowest BCUT2D eigenvalue weighted by Gasteiger charge is -2.30. The minimum Gasteiger partial charge on any atom is -0.325 e. The fraction of sp³-hybridized carbons (Fsp3) is 0.500. The number of sulfonamides is 1. The van der Waals surface area contributed by atoms with Gasteiger partial charge in [-0.05, 0) is 50.5 Å². The molecular formula is C16H20N6O3S. The van der Waals surface area contributed by atoms with E-state index in [-0.39, 0.29) is 16.7 Å². The zero-order valence-corrected chi connectivity index (χ0v) is 15.4. The Balaban J connectivity index is 1.65. The number of hydrogen-bond acceptors (Lipinski definition) is 6. The molecule has 1 aromatic carbocycles. The standard InChI is InChI=1S/C16H20N6O3S/c1-16(2)12-8-11(5-6-13(12)17-15(16)23)26(24,25)22-7-3-4-10(9-22)14-18-20-21-19-14/h5-6,8,10H,3-4,7,9H2,1-2H3,(H,17,23)(H,18,19,20,21). The molecule has 26 heavy (non-hydrogen) atoms. The molecule has 2 N–H and O–H groups in total. The number of tetrazole rings is 1. The number of aromatic amines is 1. The number of fused-ring (bicyclic) bond motifs is 1. The van der Waals surface area contributed by atoms with Crippen molar-refractivity contribution >= 4 is 21.6 Å². The minimum atomic E-state index is -3.67. The Hall–Kier alpha value is -2.33. The molecule has 138 valence electrons. The Bertz CT molecular complexity index is 954. The monoisotopic (exact) mass is 376 g/mol. The van der Waals surface area contributed by atoms with Crippen molar-refractivity contribution in [2.45, 2.75) is 42.9 Å². The van der Waals surface area contributed by atoms with Crippen LogP contribution in [0.15, 0.2) is 23.1 Å². The number of carbonyl (C=O) groups is 1. The topological polar surface area (TPSA) is 121 Å². The van der Waals surface area contributed by atoms with E-state index in [1.54, 1.807) is 32.0 Å². The molecule has 1 atom stereocenters. The van der Waals surface area contributed by atoms with Gasteiger partial charge >= 0.3 is 0 Å². The largest absolute Gasteiger partial charge is 0.325 e. The van der Waals surface area contributed by atoms with Gasteiger partial charge in [-0.15, -0.1) is 10.2 Å². The molecule has 0 radical (unpaired) electrons. The third kappa shape index (κ3) is 2.60. The molecule has 0 aliphatic carbocycles. The van der Waals surface area contributed by atoms with Crippen LogP contribution in [-0.4, -0.2) is 52.3 Å². The molecule has 0 saturated carbocycles. The van der Waals surface area contributed by atoms with E-state index in [9.17, 15) is 13.2 Å². The maximum Gasteiger partial charge on any atom is 0.243 e. The summed E-state index contributed by atoms with van der Waals surface area (Å²) in [7, 11) is -3.67. The highest BCUT2D eigenvalue weighted by Crippen LogP contribution is 2.39. The van der Waals surface area contributed by atoms with Crippen molar-refractivity contribution in [3.63, 3.8) is 0 Å². The molecule has 2 aliphatic heterocycles. The van der Waals surface area contributed by atoms with E-state index in [1.165, 1.54) is 4.31 Å². The van der Waals surface area contributed by atoms with Gasteiger partial charge in [0.2, 0.25) is 15.9 Å². The van der Waals surface area contributed by atoms with Gasteiger partial charge < -0.3 is 5.32 Å². The Morgan fingerprint density at radius 2 is 2.12 bits per heavy atom. The predicted molar refractivity (Wildman–Crippen MR) is 93.0 cm³/mol. The highest BCUT2D eigenvalue weighted by atomic mass is 32.2. The van der Waals surface area contributed by atoms with Crippen LogP contribution in [0.4, 0.5) is 5.69 Å². The molecule has 1 unspecified atom stereocenters. The Morgan fingerprint density at radius 3 is 2.85 bits per heavy atom. The summed E-state index contributed by atoms with van der Waals surface area (Å²) in [4.78, 5) is 12.3. The summed E-state index contributed by atoms with van der Waals surface area (Å²) in [5.74, 6) is 0.332. The summed E-state index contributed by atoms with van der Waals surface area (Å²) < 4.78 is 27.8. The van der Waals surface area contributed by atoms with Crippen molar-refractivity contribution in [1.29, 1.82) is 0 Å². The number of aromatic nitrogens is 4. The van der Waals surface area contributed by atoms with E-state index in [1.807, 2.05) is 0 Å². The highest BCUT2D eigenvalue weighted by Gasteiger charge is 2.40. The first-order valence-corrected chi connectivity index (χ1v) is 9.93. The molecule has 1 aromatic heterocycles. The summed E-state index contributed by atoms with van der Waals surface area (Å²) in [6.45, 7) is 4.35. The van der Waals surface area contributed by atoms with Crippen molar-refractivity contribution in [2.24, 2.45) is 0 Å². The van der Waals surface area contributed by atoms with Crippen LogP contribution < -0.4 is 5.32 Å². The van der Waals surface area contributed by atoms with E-state index in [2.05, 4.69) is 25.9 Å². The average molecular weight is 376 g/mol. The lowest BCUT2D eigenvalue weighted by atomic mass is 9.86. The summed E-state index contributed by atoms with van der Waals surface area (Å²) in [5, 5.41) is 16.8. The maximum absolute atomic E-state index is 13.2. The van der Waals surface area contributed by atoms with Crippen LogP contribution in [0.2, 0.25) is 0 Å². The van der Waals surface area contributed by atoms with Crippen LogP contribution >= 0.6 is 0 Å². The fourth-order valence-electron chi connectivity index (χ4n) is 3.57. The van der Waals surface area contributed by atoms with Gasteiger partial charge in [-0.1, -0.05) is 5.21 Å². The second-order valence-electron chi connectivity index (χ2n) is 7.26. The number of rotatable bonds is 3. The van der Waals surface area contributed by atoms with Crippen LogP contribution in [0.25, 0.3) is 0 Å². The lowest BCUT2D eigenvalue weighted by molar-refractivity contribution is -0.119. The summed E-state index contributed by atoms with van der Waals surface area (Å²) >= 11 is 0. The number of anilines is 1. The molecular weight excluding hydrogens is 356 g/mol. The average Bonchev–Trinajstić information content (AvgIpc) is 3.23. The normalized spacial score (nSPS) is 22.8. The highest BCUT2D eigenvalue weighted by molar-refractivity contribution is 7.89. The van der Waals surface area contributed by atoms with Gasteiger partial charge in [0, 0.05) is 24.7 Å². The first-order chi connectivity index (χ1) is 12.3. The zero-order valence-electron chi connectivity index (χ0n) is 14.6.